The first-order valence-electron chi connectivity index (χ1n) is 6.55. The predicted molar refractivity (Wildman–Crippen MR) is 70.5 cm³/mol. The number of rotatable bonds is 4. The zero-order valence-electron chi connectivity index (χ0n) is 11.4. The largest absolute Gasteiger partial charge is 0.351 e. The van der Waals surface area contributed by atoms with E-state index in [4.69, 9.17) is 0 Å². The Kier molecular flexibility index (Phi) is 3.71. The van der Waals surface area contributed by atoms with E-state index in [2.05, 4.69) is 22.7 Å². The van der Waals surface area contributed by atoms with E-state index in [-0.39, 0.29) is 11.3 Å². The molecule has 1 amide bonds. The van der Waals surface area contributed by atoms with Crippen molar-refractivity contribution in [2.75, 3.05) is 19.6 Å². The molecule has 5 nitrogen and oxygen atoms in total. The number of aromatic nitrogens is 2. The van der Waals surface area contributed by atoms with Crippen LogP contribution in [0.4, 0.5) is 0 Å². The summed E-state index contributed by atoms with van der Waals surface area (Å²) in [5.74, 6) is -0.00641. The van der Waals surface area contributed by atoms with E-state index in [9.17, 15) is 4.79 Å². The van der Waals surface area contributed by atoms with Gasteiger partial charge in [-0.05, 0) is 24.8 Å². The van der Waals surface area contributed by atoms with E-state index in [1.807, 2.05) is 14.0 Å². The van der Waals surface area contributed by atoms with E-state index in [1.165, 1.54) is 0 Å². The Labute approximate surface area is 108 Å². The Balaban J connectivity index is 1.99. The lowest BCUT2D eigenvalue weighted by Gasteiger charge is -2.22. The molecule has 1 aromatic rings. The molecule has 2 rings (SSSR count). The maximum Gasteiger partial charge on any atom is 0.254 e. The van der Waals surface area contributed by atoms with Crippen molar-refractivity contribution >= 4 is 5.91 Å². The lowest BCUT2D eigenvalue weighted by molar-refractivity contribution is 0.0936. The number of carbonyl (C=O) groups excluding carboxylic acids is 1. The number of nitrogens with zero attached hydrogens (tertiary/aromatic N) is 2. The van der Waals surface area contributed by atoms with Crippen molar-refractivity contribution in [3.8, 4) is 0 Å². The second-order valence-electron chi connectivity index (χ2n) is 5.44. The highest BCUT2D eigenvalue weighted by molar-refractivity contribution is 5.95. The summed E-state index contributed by atoms with van der Waals surface area (Å²) in [6, 6.07) is 0. The highest BCUT2D eigenvalue weighted by Gasteiger charge is 2.29. The van der Waals surface area contributed by atoms with Crippen LogP contribution in [0.15, 0.2) is 6.20 Å². The van der Waals surface area contributed by atoms with Gasteiger partial charge < -0.3 is 10.6 Å². The highest BCUT2D eigenvalue weighted by atomic mass is 16.1. The molecule has 1 aliphatic heterocycles. The molecule has 1 aromatic heterocycles. The predicted octanol–water partition coefficient (Wildman–Crippen LogP) is 0.712. The van der Waals surface area contributed by atoms with Gasteiger partial charge in [0.15, 0.2) is 0 Å². The van der Waals surface area contributed by atoms with Crippen LogP contribution in [0.2, 0.25) is 0 Å². The van der Waals surface area contributed by atoms with E-state index in [0.29, 0.717) is 5.56 Å². The molecule has 1 aliphatic rings. The monoisotopic (exact) mass is 250 g/mol. The van der Waals surface area contributed by atoms with Gasteiger partial charge in [0.1, 0.15) is 0 Å². The van der Waals surface area contributed by atoms with Crippen molar-refractivity contribution < 1.29 is 4.79 Å². The first-order chi connectivity index (χ1) is 8.54. The fraction of sp³-hybridized carbons (Fsp3) is 0.692. The molecule has 1 atom stereocenters. The molecule has 100 valence electrons. The summed E-state index contributed by atoms with van der Waals surface area (Å²) in [4.78, 5) is 12.2. The van der Waals surface area contributed by atoms with Crippen LogP contribution in [0.1, 0.15) is 36.3 Å². The molecule has 0 spiro atoms. The first-order valence-corrected chi connectivity index (χ1v) is 6.55. The summed E-state index contributed by atoms with van der Waals surface area (Å²) >= 11 is 0. The Morgan fingerprint density at radius 3 is 3.06 bits per heavy atom. The summed E-state index contributed by atoms with van der Waals surface area (Å²) in [6.07, 6.45) is 3.69. The van der Waals surface area contributed by atoms with Gasteiger partial charge in [-0.2, -0.15) is 5.10 Å². The number of amides is 1. The number of nitrogens with one attached hydrogen (secondary N) is 2. The molecule has 5 heteroatoms. The van der Waals surface area contributed by atoms with Gasteiger partial charge in [-0.3, -0.25) is 9.48 Å². The standard InChI is InChI=1S/C13H22N4O/c1-4-11-10(7-17(3)16-11)12(18)15-9-13(2)5-6-14-8-13/h7,14H,4-6,8-9H2,1-3H3,(H,15,18). The summed E-state index contributed by atoms with van der Waals surface area (Å²) in [7, 11) is 1.85. The number of hydrogen-bond donors (Lipinski definition) is 2. The minimum Gasteiger partial charge on any atom is -0.351 e. The molecule has 0 bridgehead atoms. The number of aryl methyl sites for hydroxylation is 2. The topological polar surface area (TPSA) is 59.0 Å². The van der Waals surface area contributed by atoms with Gasteiger partial charge in [-0.25, -0.2) is 0 Å². The molecule has 18 heavy (non-hydrogen) atoms. The Hall–Kier alpha value is -1.36. The highest BCUT2D eigenvalue weighted by Crippen LogP contribution is 2.23. The quantitative estimate of drug-likeness (QED) is 0.827. The minimum atomic E-state index is -0.00641. The van der Waals surface area contributed by atoms with E-state index in [0.717, 1.165) is 38.2 Å². The van der Waals surface area contributed by atoms with Crippen LogP contribution in [-0.2, 0) is 13.5 Å². The van der Waals surface area contributed by atoms with E-state index in [1.54, 1.807) is 10.9 Å². The lowest BCUT2D eigenvalue weighted by atomic mass is 9.90. The van der Waals surface area contributed by atoms with Crippen LogP contribution in [0.3, 0.4) is 0 Å². The molecule has 0 aliphatic carbocycles. The van der Waals surface area contributed by atoms with E-state index < -0.39 is 0 Å². The molecule has 1 fully saturated rings. The molecular weight excluding hydrogens is 228 g/mol. The second kappa shape index (κ2) is 5.10. The van der Waals surface area contributed by atoms with Crippen LogP contribution >= 0.6 is 0 Å². The summed E-state index contributed by atoms with van der Waals surface area (Å²) in [5, 5.41) is 10.7. The molecule has 0 aromatic carbocycles. The first kappa shape index (κ1) is 13.1. The smallest absolute Gasteiger partial charge is 0.254 e. The van der Waals surface area contributed by atoms with Crippen molar-refractivity contribution in [3.63, 3.8) is 0 Å². The number of hydrogen-bond acceptors (Lipinski definition) is 3. The van der Waals surface area contributed by atoms with Gasteiger partial charge in [0.25, 0.3) is 5.91 Å². The average molecular weight is 250 g/mol. The van der Waals surface area contributed by atoms with Crippen LogP contribution in [0.25, 0.3) is 0 Å². The summed E-state index contributed by atoms with van der Waals surface area (Å²) in [5.41, 5.74) is 1.75. The van der Waals surface area contributed by atoms with Crippen LogP contribution in [-0.4, -0.2) is 35.3 Å². The normalized spacial score (nSPS) is 23.3. The number of carbonyl (C=O) groups is 1. The van der Waals surface area contributed by atoms with Gasteiger partial charge in [0, 0.05) is 26.3 Å². The summed E-state index contributed by atoms with van der Waals surface area (Å²) in [6.45, 7) is 6.95. The zero-order valence-corrected chi connectivity index (χ0v) is 11.4. The minimum absolute atomic E-state index is 0.00641. The summed E-state index contributed by atoms with van der Waals surface area (Å²) < 4.78 is 1.70. The molecule has 0 saturated carbocycles. The van der Waals surface area contributed by atoms with Crippen LogP contribution < -0.4 is 10.6 Å². The van der Waals surface area contributed by atoms with Crippen molar-refractivity contribution in [2.24, 2.45) is 12.5 Å². The van der Waals surface area contributed by atoms with Crippen molar-refractivity contribution in [1.29, 1.82) is 0 Å². The molecule has 1 unspecified atom stereocenters. The van der Waals surface area contributed by atoms with Crippen LogP contribution in [0, 0.1) is 5.41 Å². The van der Waals surface area contributed by atoms with Gasteiger partial charge in [0.05, 0.1) is 11.3 Å². The Morgan fingerprint density at radius 1 is 1.67 bits per heavy atom. The third-order valence-corrected chi connectivity index (χ3v) is 3.62. The third-order valence-electron chi connectivity index (χ3n) is 3.62. The van der Waals surface area contributed by atoms with E-state index >= 15 is 0 Å². The maximum absolute atomic E-state index is 12.2. The Bertz CT molecular complexity index is 432. The second-order valence-corrected chi connectivity index (χ2v) is 5.44. The fourth-order valence-electron chi connectivity index (χ4n) is 2.39. The molecular formula is C13H22N4O. The SMILES string of the molecule is CCc1nn(C)cc1C(=O)NCC1(C)CCNC1. The van der Waals surface area contributed by atoms with Crippen molar-refractivity contribution in [1.82, 2.24) is 20.4 Å². The maximum atomic E-state index is 12.2. The van der Waals surface area contributed by atoms with Crippen molar-refractivity contribution in [3.05, 3.63) is 17.5 Å². The molecule has 2 N–H and O–H groups in total. The average Bonchev–Trinajstić information content (AvgIpc) is 2.93. The zero-order chi connectivity index (χ0) is 13.2. The fourth-order valence-corrected chi connectivity index (χ4v) is 2.39. The van der Waals surface area contributed by atoms with Gasteiger partial charge in [0.2, 0.25) is 0 Å². The van der Waals surface area contributed by atoms with Crippen molar-refractivity contribution in [2.45, 2.75) is 26.7 Å². The molecule has 2 heterocycles. The van der Waals surface area contributed by atoms with Gasteiger partial charge in [-0.15, -0.1) is 0 Å². The third kappa shape index (κ3) is 2.72. The lowest BCUT2D eigenvalue weighted by Crippen LogP contribution is -2.37. The Morgan fingerprint density at radius 2 is 2.44 bits per heavy atom. The molecule has 0 radical (unpaired) electrons. The molecule has 1 saturated heterocycles. The van der Waals surface area contributed by atoms with Crippen LogP contribution in [0.5, 0.6) is 0 Å². The van der Waals surface area contributed by atoms with Gasteiger partial charge in [-0.1, -0.05) is 13.8 Å². The van der Waals surface area contributed by atoms with Gasteiger partial charge >= 0.3 is 0 Å².